The predicted molar refractivity (Wildman–Crippen MR) is 99.0 cm³/mol. The van der Waals surface area contributed by atoms with E-state index in [-0.39, 0.29) is 18.4 Å². The zero-order chi connectivity index (χ0) is 15.4. The van der Waals surface area contributed by atoms with Crippen LogP contribution in [0.5, 0.6) is 0 Å². The molecule has 1 atom stereocenters. The Bertz CT molecular complexity index is 519. The fourth-order valence-electron chi connectivity index (χ4n) is 3.23. The van der Waals surface area contributed by atoms with E-state index in [1.54, 1.807) is 6.07 Å². The van der Waals surface area contributed by atoms with E-state index in [1.165, 1.54) is 32.1 Å². The topological polar surface area (TPSA) is 55.1 Å². The number of nitrogens with one attached hydrogen (secondary N) is 1. The molecule has 0 spiro atoms. The highest BCUT2D eigenvalue weighted by Gasteiger charge is 2.27. The van der Waals surface area contributed by atoms with Gasteiger partial charge in [0, 0.05) is 16.1 Å². The smallest absolute Gasteiger partial charge is 0.252 e. The molecule has 1 aliphatic carbocycles. The predicted octanol–water partition coefficient (Wildman–Crippen LogP) is 5.06. The maximum absolute atomic E-state index is 11.5. The minimum Gasteiger partial charge on any atom is -0.398 e. The Hall–Kier alpha value is -0.290. The van der Waals surface area contributed by atoms with Gasteiger partial charge < -0.3 is 11.1 Å². The zero-order valence-corrected chi connectivity index (χ0v) is 15.9. The van der Waals surface area contributed by atoms with Gasteiger partial charge in [0.15, 0.2) is 0 Å². The molecule has 1 aromatic carbocycles. The van der Waals surface area contributed by atoms with Gasteiger partial charge in [0.1, 0.15) is 0 Å². The zero-order valence-electron chi connectivity index (χ0n) is 12.7. The maximum Gasteiger partial charge on any atom is 0.252 e. The molecule has 1 aromatic rings. The Morgan fingerprint density at radius 1 is 1.41 bits per heavy atom. The molecule has 3 N–H and O–H groups in total. The summed E-state index contributed by atoms with van der Waals surface area (Å²) < 4.78 is 0.739. The second-order valence-electron chi connectivity index (χ2n) is 5.67. The largest absolute Gasteiger partial charge is 0.398 e. The fraction of sp³-hybridized carbons (Fsp3) is 0.562. The second kappa shape index (κ2) is 9.11. The maximum atomic E-state index is 11.5. The van der Waals surface area contributed by atoms with Gasteiger partial charge in [-0.2, -0.15) is 0 Å². The first-order valence-electron chi connectivity index (χ1n) is 7.56. The first kappa shape index (κ1) is 19.8. The van der Waals surface area contributed by atoms with Gasteiger partial charge in [-0.15, -0.1) is 12.4 Å². The van der Waals surface area contributed by atoms with E-state index >= 15 is 0 Å². The molecule has 1 unspecified atom stereocenters. The molecule has 2 rings (SSSR count). The average Bonchev–Trinajstić information content (AvgIpc) is 2.48. The molecule has 1 saturated carbocycles. The van der Waals surface area contributed by atoms with Crippen molar-refractivity contribution in [1.82, 2.24) is 5.32 Å². The van der Waals surface area contributed by atoms with E-state index in [0.717, 1.165) is 16.6 Å². The summed E-state index contributed by atoms with van der Waals surface area (Å²) in [6, 6.07) is 3.72. The van der Waals surface area contributed by atoms with E-state index in [9.17, 15) is 4.79 Å². The molecule has 0 aliphatic heterocycles. The van der Waals surface area contributed by atoms with Crippen LogP contribution in [0.3, 0.4) is 0 Å². The average molecular weight is 410 g/mol. The van der Waals surface area contributed by atoms with Crippen molar-refractivity contribution in [3.05, 3.63) is 27.7 Å². The summed E-state index contributed by atoms with van der Waals surface area (Å²) in [4.78, 5) is 11.5. The van der Waals surface area contributed by atoms with Crippen molar-refractivity contribution in [2.75, 3.05) is 12.3 Å². The minimum atomic E-state index is -0.448. The Morgan fingerprint density at radius 3 is 2.59 bits per heavy atom. The summed E-state index contributed by atoms with van der Waals surface area (Å²) in [6.07, 6.45) is 6.25. The van der Waals surface area contributed by atoms with Gasteiger partial charge in [-0.1, -0.05) is 26.2 Å². The lowest BCUT2D eigenvalue weighted by Crippen LogP contribution is -2.30. The van der Waals surface area contributed by atoms with Crippen LogP contribution in [0.25, 0.3) is 0 Å². The highest BCUT2D eigenvalue weighted by Crippen LogP contribution is 2.39. The van der Waals surface area contributed by atoms with Gasteiger partial charge in [-0.3, -0.25) is 4.79 Å². The van der Waals surface area contributed by atoms with E-state index < -0.39 is 5.24 Å². The van der Waals surface area contributed by atoms with E-state index in [0.29, 0.717) is 17.2 Å². The summed E-state index contributed by atoms with van der Waals surface area (Å²) in [5, 5.41) is 3.10. The lowest BCUT2D eigenvalue weighted by molar-refractivity contribution is 0.108. The first-order valence-corrected chi connectivity index (χ1v) is 8.73. The molecule has 0 bridgehead atoms. The number of hydrogen-bond donors (Lipinski definition) is 2. The molecule has 1 fully saturated rings. The van der Waals surface area contributed by atoms with Gasteiger partial charge in [0.25, 0.3) is 5.24 Å². The Kier molecular flexibility index (Phi) is 8.19. The Balaban J connectivity index is 0.00000242. The van der Waals surface area contributed by atoms with Crippen LogP contribution in [0.1, 0.15) is 61.0 Å². The molecule has 0 aromatic heterocycles. The van der Waals surface area contributed by atoms with Crippen LogP contribution in [0.2, 0.25) is 0 Å². The summed E-state index contributed by atoms with van der Waals surface area (Å²) in [6.45, 7) is 2.97. The number of nitrogen functional groups attached to an aromatic ring is 1. The van der Waals surface area contributed by atoms with Crippen LogP contribution >= 0.6 is 39.9 Å². The fourth-order valence-corrected chi connectivity index (χ4v) is 3.81. The summed E-state index contributed by atoms with van der Waals surface area (Å²) in [5.74, 6) is 0.563. The third-order valence-corrected chi connectivity index (χ3v) is 5.14. The van der Waals surface area contributed by atoms with Crippen LogP contribution < -0.4 is 11.1 Å². The van der Waals surface area contributed by atoms with Crippen molar-refractivity contribution in [2.45, 2.75) is 45.1 Å². The van der Waals surface area contributed by atoms with E-state index in [1.807, 2.05) is 6.07 Å². The van der Waals surface area contributed by atoms with Crippen LogP contribution in [-0.4, -0.2) is 11.8 Å². The molecule has 0 saturated heterocycles. The number of nitrogens with two attached hydrogens (primary N) is 1. The summed E-state index contributed by atoms with van der Waals surface area (Å²) >= 11 is 9.09. The quantitative estimate of drug-likeness (QED) is 0.527. The van der Waals surface area contributed by atoms with E-state index in [2.05, 4.69) is 28.2 Å². The lowest BCUT2D eigenvalue weighted by Gasteiger charge is -2.32. The molecule has 3 nitrogen and oxygen atoms in total. The van der Waals surface area contributed by atoms with Crippen molar-refractivity contribution < 1.29 is 4.79 Å². The highest BCUT2D eigenvalue weighted by atomic mass is 79.9. The molecular formula is C16H23BrCl2N2O. The van der Waals surface area contributed by atoms with Crippen molar-refractivity contribution in [3.63, 3.8) is 0 Å². The number of rotatable bonds is 5. The number of halogens is 3. The third-order valence-electron chi connectivity index (χ3n) is 4.27. The van der Waals surface area contributed by atoms with Crippen molar-refractivity contribution in [2.24, 2.45) is 5.92 Å². The van der Waals surface area contributed by atoms with Gasteiger partial charge in [0.2, 0.25) is 0 Å². The molecule has 0 heterocycles. The summed E-state index contributed by atoms with van der Waals surface area (Å²) in [7, 11) is 0. The Morgan fingerprint density at radius 2 is 2.05 bits per heavy atom. The molecular weight excluding hydrogens is 387 g/mol. The summed E-state index contributed by atoms with van der Waals surface area (Å²) in [5.41, 5.74) is 8.43. The van der Waals surface area contributed by atoms with Crippen molar-refractivity contribution in [3.8, 4) is 0 Å². The molecule has 124 valence electrons. The SMILES string of the molecule is CCNC(c1cc(C(=O)Cl)cc(Br)c1N)C1CCCCC1.Cl. The highest BCUT2D eigenvalue weighted by molar-refractivity contribution is 9.10. The number of benzene rings is 1. The Labute approximate surface area is 151 Å². The van der Waals surface area contributed by atoms with Crippen molar-refractivity contribution in [1.29, 1.82) is 0 Å². The van der Waals surface area contributed by atoms with Gasteiger partial charge >= 0.3 is 0 Å². The molecule has 0 radical (unpaired) electrons. The van der Waals surface area contributed by atoms with Gasteiger partial charge in [-0.25, -0.2) is 0 Å². The second-order valence-corrected chi connectivity index (χ2v) is 6.87. The minimum absolute atomic E-state index is 0. The van der Waals surface area contributed by atoms with Crippen molar-refractivity contribution >= 4 is 50.9 Å². The van der Waals surface area contributed by atoms with Crippen LogP contribution in [0.15, 0.2) is 16.6 Å². The molecule has 0 amide bonds. The standard InChI is InChI=1S/C16H22BrClN2O.ClH/c1-2-20-15(10-6-4-3-5-7-10)12-8-11(16(18)21)9-13(17)14(12)19;/h8-10,15,20H,2-7,19H2,1H3;1H. The molecule has 6 heteroatoms. The van der Waals surface area contributed by atoms with Crippen LogP contribution in [0, 0.1) is 5.92 Å². The normalized spacial score (nSPS) is 16.9. The number of carbonyl (C=O) groups excluding carboxylic acids is 1. The van der Waals surface area contributed by atoms with Gasteiger partial charge in [-0.05, 0) is 70.5 Å². The monoisotopic (exact) mass is 408 g/mol. The third kappa shape index (κ3) is 4.60. The van der Waals surface area contributed by atoms with Crippen LogP contribution in [0.4, 0.5) is 5.69 Å². The first-order chi connectivity index (χ1) is 10.0. The van der Waals surface area contributed by atoms with Crippen LogP contribution in [-0.2, 0) is 0 Å². The molecule has 22 heavy (non-hydrogen) atoms. The molecule has 1 aliphatic rings. The number of anilines is 1. The number of carbonyl (C=O) groups is 1. The van der Waals surface area contributed by atoms with E-state index in [4.69, 9.17) is 17.3 Å². The number of hydrogen-bond acceptors (Lipinski definition) is 3. The lowest BCUT2D eigenvalue weighted by atomic mass is 9.80. The van der Waals surface area contributed by atoms with Gasteiger partial charge in [0.05, 0.1) is 5.69 Å².